The van der Waals surface area contributed by atoms with E-state index in [-0.39, 0.29) is 17.1 Å². The van der Waals surface area contributed by atoms with Gasteiger partial charge in [-0.3, -0.25) is 19.8 Å². The smallest absolute Gasteiger partial charge is 0.310 e. The number of primary amides is 1. The van der Waals surface area contributed by atoms with Crippen LogP contribution in [0, 0.1) is 17.0 Å². The summed E-state index contributed by atoms with van der Waals surface area (Å²) < 4.78 is 0. The van der Waals surface area contributed by atoms with E-state index in [1.54, 1.807) is 4.90 Å². The molecule has 2 aromatic carbocycles. The molecule has 0 aliphatic carbocycles. The maximum atomic E-state index is 12.1. The van der Waals surface area contributed by atoms with E-state index in [1.807, 2.05) is 31.2 Å². The summed E-state index contributed by atoms with van der Waals surface area (Å²) in [7, 11) is 0. The van der Waals surface area contributed by atoms with Gasteiger partial charge >= 0.3 is 5.69 Å². The van der Waals surface area contributed by atoms with Crippen LogP contribution < -0.4 is 16.0 Å². The van der Waals surface area contributed by atoms with Crippen molar-refractivity contribution in [2.24, 2.45) is 5.73 Å². The summed E-state index contributed by atoms with van der Waals surface area (Å²) in [6, 6.07) is 11.3. The lowest BCUT2D eigenvalue weighted by molar-refractivity contribution is -0.385. The Morgan fingerprint density at radius 2 is 1.93 bits per heavy atom. The molecule has 0 saturated carbocycles. The number of rotatable bonds is 4. The minimum Gasteiger partial charge on any atom is -0.502 e. The van der Waals surface area contributed by atoms with Gasteiger partial charge in [0.2, 0.25) is 0 Å². The van der Waals surface area contributed by atoms with Gasteiger partial charge in [-0.2, -0.15) is 0 Å². The zero-order valence-corrected chi connectivity index (χ0v) is 15.8. The van der Waals surface area contributed by atoms with Crippen molar-refractivity contribution in [3.63, 3.8) is 0 Å². The Labute approximate surface area is 170 Å². The Morgan fingerprint density at radius 3 is 2.53 bits per heavy atom. The van der Waals surface area contributed by atoms with Crippen molar-refractivity contribution >= 4 is 28.8 Å². The van der Waals surface area contributed by atoms with E-state index in [4.69, 9.17) is 5.73 Å². The lowest BCUT2D eigenvalue weighted by Gasteiger charge is -2.19. The number of hydrogen-bond acceptors (Lipinski definition) is 8. The predicted octanol–water partition coefficient (Wildman–Crippen LogP) is 3.20. The third kappa shape index (κ3) is 3.05. The number of fused-ring (bicyclic) bond motifs is 1. The van der Waals surface area contributed by atoms with Gasteiger partial charge in [0.1, 0.15) is 11.5 Å². The molecular weight excluding hydrogens is 388 g/mol. The molecule has 30 heavy (non-hydrogen) atoms. The molecule has 10 heteroatoms. The Bertz CT molecular complexity index is 1220. The number of anilines is 3. The zero-order valence-electron chi connectivity index (χ0n) is 15.8. The monoisotopic (exact) mass is 404 g/mol. The van der Waals surface area contributed by atoms with Crippen LogP contribution in [0.2, 0.25) is 0 Å². The predicted molar refractivity (Wildman–Crippen MR) is 110 cm³/mol. The van der Waals surface area contributed by atoms with Gasteiger partial charge in [-0.15, -0.1) is 0 Å². The van der Waals surface area contributed by atoms with Crippen LogP contribution in [0.4, 0.5) is 22.9 Å². The molecule has 10 nitrogen and oxygen atoms in total. The number of aryl methyl sites for hydroxylation is 1. The number of nitro benzene ring substituents is 1. The maximum Gasteiger partial charge on any atom is 0.310 e. The minimum atomic E-state index is -0.785. The summed E-state index contributed by atoms with van der Waals surface area (Å²) in [6.45, 7) is 5.94. The van der Waals surface area contributed by atoms with Crippen molar-refractivity contribution in [3.05, 3.63) is 76.2 Å². The second-order valence-corrected chi connectivity index (χ2v) is 6.66. The molecule has 0 atom stereocenters. The topological polar surface area (TPSA) is 148 Å². The van der Waals surface area contributed by atoms with Crippen LogP contribution in [0.1, 0.15) is 16.1 Å². The average molecular weight is 404 g/mol. The molecule has 1 aliphatic rings. The van der Waals surface area contributed by atoms with Crippen LogP contribution >= 0.6 is 0 Å². The van der Waals surface area contributed by atoms with E-state index in [0.29, 0.717) is 17.3 Å². The third-order valence-electron chi connectivity index (χ3n) is 4.60. The van der Waals surface area contributed by atoms with Gasteiger partial charge in [-0.25, -0.2) is 9.97 Å². The molecule has 1 aliphatic heterocycles. The fourth-order valence-corrected chi connectivity index (χ4v) is 3.15. The Hall–Kier alpha value is -4.47. The van der Waals surface area contributed by atoms with Crippen molar-refractivity contribution in [1.82, 2.24) is 9.97 Å². The summed E-state index contributed by atoms with van der Waals surface area (Å²) in [5, 5.41) is 23.9. The summed E-state index contributed by atoms with van der Waals surface area (Å²) in [5.41, 5.74) is 7.41. The molecule has 3 aromatic rings. The Morgan fingerprint density at radius 1 is 1.23 bits per heavy atom. The Kier molecular flexibility index (Phi) is 4.31. The van der Waals surface area contributed by atoms with Crippen LogP contribution in [0.25, 0.3) is 11.4 Å². The van der Waals surface area contributed by atoms with Crippen molar-refractivity contribution < 1.29 is 14.8 Å². The number of nitro groups is 1. The van der Waals surface area contributed by atoms with Gasteiger partial charge in [0.25, 0.3) is 5.91 Å². The first-order valence-corrected chi connectivity index (χ1v) is 8.78. The first-order chi connectivity index (χ1) is 14.3. The largest absolute Gasteiger partial charge is 0.502 e. The zero-order chi connectivity index (χ0) is 21.6. The normalized spacial score (nSPS) is 12.4. The van der Waals surface area contributed by atoms with E-state index in [9.17, 15) is 20.0 Å². The number of amides is 1. The molecule has 0 bridgehead atoms. The minimum absolute atomic E-state index is 0.0661. The van der Waals surface area contributed by atoms with E-state index >= 15 is 0 Å². The number of hydrogen-bond donors (Lipinski definition) is 3. The summed E-state index contributed by atoms with van der Waals surface area (Å²) >= 11 is 0. The van der Waals surface area contributed by atoms with Crippen LogP contribution in [0.5, 0.6) is 5.75 Å². The molecule has 1 aromatic heterocycles. The molecule has 4 rings (SSSR count). The lowest BCUT2D eigenvalue weighted by Crippen LogP contribution is -2.16. The van der Waals surface area contributed by atoms with Gasteiger partial charge in [0.05, 0.1) is 4.92 Å². The number of aromatic hydroxyl groups is 1. The second-order valence-electron chi connectivity index (χ2n) is 6.66. The van der Waals surface area contributed by atoms with Crippen LogP contribution in [-0.4, -0.2) is 25.9 Å². The number of phenols is 1. The number of benzene rings is 2. The van der Waals surface area contributed by atoms with Crippen LogP contribution in [0.15, 0.2) is 54.9 Å². The average Bonchev–Trinajstić information content (AvgIpc) is 3.03. The highest BCUT2D eigenvalue weighted by Crippen LogP contribution is 2.42. The number of aromatic nitrogens is 2. The summed E-state index contributed by atoms with van der Waals surface area (Å²) in [6.07, 6.45) is 0. The van der Waals surface area contributed by atoms with E-state index in [2.05, 4.69) is 21.9 Å². The highest BCUT2D eigenvalue weighted by Gasteiger charge is 2.31. The first kappa shape index (κ1) is 18.9. The number of nitrogens with two attached hydrogens (primary N) is 1. The fourth-order valence-electron chi connectivity index (χ4n) is 3.15. The van der Waals surface area contributed by atoms with E-state index in [0.717, 1.165) is 23.4 Å². The van der Waals surface area contributed by atoms with Crippen LogP contribution in [-0.2, 0) is 0 Å². The molecule has 2 heterocycles. The quantitative estimate of drug-likeness (QED) is 0.443. The molecule has 4 N–H and O–H groups in total. The first-order valence-electron chi connectivity index (χ1n) is 8.78. The summed E-state index contributed by atoms with van der Waals surface area (Å²) in [5.74, 6) is -0.455. The SMILES string of the molecule is C=C1Nc2c(C(N)=O)nc(-c3ccc([N+](=O)[O-])c(O)c3)nc2N1c1ccc(C)cc1. The molecule has 0 spiro atoms. The Balaban J connectivity index is 1.90. The number of nitrogens with zero attached hydrogens (tertiary/aromatic N) is 4. The molecular formula is C20H16N6O4. The number of phenolic OH excluding ortho intramolecular Hbond substituents is 1. The molecule has 0 fully saturated rings. The van der Waals surface area contributed by atoms with Crippen molar-refractivity contribution in [1.29, 1.82) is 0 Å². The second kappa shape index (κ2) is 6.85. The van der Waals surface area contributed by atoms with Gasteiger partial charge < -0.3 is 16.2 Å². The van der Waals surface area contributed by atoms with Crippen molar-refractivity contribution in [2.75, 3.05) is 10.2 Å². The molecule has 0 unspecified atom stereocenters. The maximum absolute atomic E-state index is 12.1. The van der Waals surface area contributed by atoms with Gasteiger partial charge in [0.15, 0.2) is 23.1 Å². The van der Waals surface area contributed by atoms with Crippen LogP contribution in [0.3, 0.4) is 0 Å². The number of carbonyl (C=O) groups is 1. The lowest BCUT2D eigenvalue weighted by atomic mass is 10.1. The standard InChI is InChI=1S/C20H16N6O4/c1-10-3-6-13(7-4-10)25-11(2)22-17-16(18(21)28)23-19(24-20(17)25)12-5-8-14(26(29)30)15(27)9-12/h3-9,22,27H,2H2,1H3,(H2,21,28). The van der Waals surface area contributed by atoms with E-state index < -0.39 is 22.3 Å². The molecule has 0 saturated heterocycles. The van der Waals surface area contributed by atoms with Crippen molar-refractivity contribution in [2.45, 2.75) is 6.92 Å². The molecule has 1 amide bonds. The highest BCUT2D eigenvalue weighted by atomic mass is 16.6. The fraction of sp³-hybridized carbons (Fsp3) is 0.0500. The van der Waals surface area contributed by atoms with E-state index in [1.165, 1.54) is 6.07 Å². The van der Waals surface area contributed by atoms with Crippen molar-refractivity contribution in [3.8, 4) is 17.1 Å². The summed E-state index contributed by atoms with van der Waals surface area (Å²) in [4.78, 5) is 32.7. The van der Waals surface area contributed by atoms with Gasteiger partial charge in [-0.05, 0) is 31.2 Å². The number of nitrogens with one attached hydrogen (secondary N) is 1. The molecule has 150 valence electrons. The highest BCUT2D eigenvalue weighted by molar-refractivity contribution is 6.03. The third-order valence-corrected chi connectivity index (χ3v) is 4.60. The number of carbonyl (C=O) groups excluding carboxylic acids is 1. The molecule has 0 radical (unpaired) electrons. The van der Waals surface area contributed by atoms with Gasteiger partial charge in [-0.1, -0.05) is 24.3 Å². The van der Waals surface area contributed by atoms with Gasteiger partial charge in [0, 0.05) is 17.3 Å².